The standard InChI is InChI=1S/C21H15O2S.C7H8O3S/c22-21-14-12-16-11-13-19(15-20(16)23-21)24(17-7-3-1-4-8-17)18-9-5-2-6-10-18;1-6-2-4-7(5-3-6)11(8,9)10/h1-15H;2-5H,1H3,(H,8,9,10)/q+1;/p-1. The summed E-state index contributed by atoms with van der Waals surface area (Å²) in [7, 11) is -4.51. The largest absolute Gasteiger partial charge is 0.744 e. The average molecular weight is 503 g/mol. The molecule has 1 aromatic heterocycles. The first-order valence-corrected chi connectivity index (χ1v) is 13.4. The summed E-state index contributed by atoms with van der Waals surface area (Å²) in [5, 5.41) is 0.933. The molecule has 0 bridgehead atoms. The molecule has 4 aromatic carbocycles. The van der Waals surface area contributed by atoms with Gasteiger partial charge in [0.15, 0.2) is 14.7 Å². The molecule has 0 saturated heterocycles. The van der Waals surface area contributed by atoms with Crippen molar-refractivity contribution < 1.29 is 17.4 Å². The minimum atomic E-state index is -4.27. The van der Waals surface area contributed by atoms with Crippen molar-refractivity contribution in [1.82, 2.24) is 0 Å². The maximum Gasteiger partial charge on any atom is 0.336 e. The maximum absolute atomic E-state index is 11.5. The number of aryl methyl sites for hydroxylation is 1. The predicted molar refractivity (Wildman–Crippen MR) is 137 cm³/mol. The van der Waals surface area contributed by atoms with E-state index in [1.807, 2.05) is 31.2 Å². The first-order valence-electron chi connectivity index (χ1n) is 10.7. The Kier molecular flexibility index (Phi) is 7.51. The van der Waals surface area contributed by atoms with E-state index in [0.717, 1.165) is 15.8 Å². The Balaban J connectivity index is 0.000000221. The van der Waals surface area contributed by atoms with E-state index in [-0.39, 0.29) is 21.4 Å². The zero-order valence-electron chi connectivity index (χ0n) is 18.8. The maximum atomic E-state index is 11.5. The molecule has 7 heteroatoms. The van der Waals surface area contributed by atoms with Gasteiger partial charge in [0.25, 0.3) is 0 Å². The van der Waals surface area contributed by atoms with Crippen LogP contribution in [0, 0.1) is 6.92 Å². The molecule has 0 spiro atoms. The van der Waals surface area contributed by atoms with Gasteiger partial charge < -0.3 is 8.97 Å². The molecule has 0 aliphatic rings. The van der Waals surface area contributed by atoms with Crippen molar-refractivity contribution in [3.8, 4) is 0 Å². The van der Waals surface area contributed by atoms with Gasteiger partial charge in [0, 0.05) is 17.5 Å². The fourth-order valence-electron chi connectivity index (χ4n) is 3.39. The molecule has 0 saturated carbocycles. The third-order valence-corrected chi connectivity index (χ3v) is 8.16. The second kappa shape index (κ2) is 10.7. The molecule has 0 radical (unpaired) electrons. The van der Waals surface area contributed by atoms with Crippen molar-refractivity contribution in [2.45, 2.75) is 26.5 Å². The molecule has 5 nitrogen and oxygen atoms in total. The Bertz CT molecular complexity index is 1540. The molecule has 5 aromatic rings. The lowest BCUT2D eigenvalue weighted by atomic mass is 10.2. The van der Waals surface area contributed by atoms with Crippen molar-refractivity contribution in [3.63, 3.8) is 0 Å². The van der Waals surface area contributed by atoms with Crippen LogP contribution in [-0.4, -0.2) is 13.0 Å². The van der Waals surface area contributed by atoms with Crippen LogP contribution in [0.1, 0.15) is 5.56 Å². The Labute approximate surface area is 206 Å². The SMILES string of the molecule is Cc1ccc(S(=O)(=O)[O-])cc1.O=c1ccc2ccc([S+](c3ccccc3)c3ccccc3)cc2o1. The zero-order chi connectivity index (χ0) is 24.8. The average Bonchev–Trinajstić information content (AvgIpc) is 2.85. The van der Waals surface area contributed by atoms with E-state index in [2.05, 4.69) is 54.6 Å². The van der Waals surface area contributed by atoms with Crippen molar-refractivity contribution in [3.05, 3.63) is 131 Å². The van der Waals surface area contributed by atoms with Gasteiger partial charge in [0.05, 0.1) is 15.8 Å². The van der Waals surface area contributed by atoms with Gasteiger partial charge in [0.2, 0.25) is 0 Å². The molecule has 0 unspecified atom stereocenters. The molecule has 35 heavy (non-hydrogen) atoms. The number of rotatable bonds is 4. The van der Waals surface area contributed by atoms with Gasteiger partial charge in [-0.2, -0.15) is 0 Å². The summed E-state index contributed by atoms with van der Waals surface area (Å²) in [4.78, 5) is 15.0. The normalized spacial score (nSPS) is 11.2. The van der Waals surface area contributed by atoms with Gasteiger partial charge in [-0.3, -0.25) is 0 Å². The van der Waals surface area contributed by atoms with Crippen molar-refractivity contribution in [1.29, 1.82) is 0 Å². The lowest BCUT2D eigenvalue weighted by Crippen LogP contribution is -2.05. The van der Waals surface area contributed by atoms with Gasteiger partial charge in [-0.15, -0.1) is 0 Å². The molecule has 1 heterocycles. The predicted octanol–water partition coefficient (Wildman–Crippen LogP) is 5.79. The Morgan fingerprint density at radius 1 is 0.686 bits per heavy atom. The second-order valence-corrected chi connectivity index (χ2v) is 11.1. The fraction of sp³-hybridized carbons (Fsp3) is 0.0357. The minimum Gasteiger partial charge on any atom is -0.744 e. The molecule has 0 fully saturated rings. The summed E-state index contributed by atoms with van der Waals surface area (Å²) in [5.41, 5.74) is 1.24. The van der Waals surface area contributed by atoms with E-state index in [1.54, 1.807) is 18.2 Å². The minimum absolute atomic E-state index is 0.178. The van der Waals surface area contributed by atoms with Gasteiger partial charge >= 0.3 is 5.63 Å². The quantitative estimate of drug-likeness (QED) is 0.176. The molecule has 0 aliphatic carbocycles. The van der Waals surface area contributed by atoms with E-state index in [4.69, 9.17) is 4.42 Å². The van der Waals surface area contributed by atoms with Gasteiger partial charge in [-0.05, 0) is 61.5 Å². The summed E-state index contributed by atoms with van der Waals surface area (Å²) in [6.07, 6.45) is 0. The van der Waals surface area contributed by atoms with E-state index in [1.165, 1.54) is 28.0 Å². The number of benzene rings is 4. The monoisotopic (exact) mass is 502 g/mol. The van der Waals surface area contributed by atoms with Crippen LogP contribution in [-0.2, 0) is 21.0 Å². The van der Waals surface area contributed by atoms with Crippen LogP contribution in [0.4, 0.5) is 0 Å². The highest BCUT2D eigenvalue weighted by atomic mass is 32.2. The molecular weight excluding hydrogens is 480 g/mol. The Morgan fingerprint density at radius 2 is 1.23 bits per heavy atom. The summed E-state index contributed by atoms with van der Waals surface area (Å²) in [5.74, 6) is 0. The van der Waals surface area contributed by atoms with Crippen LogP contribution < -0.4 is 5.63 Å². The lowest BCUT2D eigenvalue weighted by Gasteiger charge is -2.08. The Hall–Kier alpha value is -3.65. The van der Waals surface area contributed by atoms with Crippen LogP contribution >= 0.6 is 0 Å². The zero-order valence-corrected chi connectivity index (χ0v) is 20.5. The molecule has 0 amide bonds. The highest BCUT2D eigenvalue weighted by Gasteiger charge is 2.28. The number of hydrogen-bond donors (Lipinski definition) is 0. The molecule has 0 atom stereocenters. The molecule has 0 N–H and O–H groups in total. The first-order chi connectivity index (χ1) is 16.8. The number of hydrogen-bond acceptors (Lipinski definition) is 5. The highest BCUT2D eigenvalue weighted by Crippen LogP contribution is 2.32. The number of fused-ring (bicyclic) bond motifs is 1. The summed E-state index contributed by atoms with van der Waals surface area (Å²) < 4.78 is 36.5. The summed E-state index contributed by atoms with van der Waals surface area (Å²) >= 11 is 0. The van der Waals surface area contributed by atoms with Gasteiger partial charge in [-0.1, -0.05) is 54.1 Å². The van der Waals surface area contributed by atoms with E-state index in [0.29, 0.717) is 5.58 Å². The third kappa shape index (κ3) is 6.27. The van der Waals surface area contributed by atoms with Crippen LogP contribution in [0.15, 0.2) is 144 Å². The van der Waals surface area contributed by atoms with Gasteiger partial charge in [0.1, 0.15) is 15.7 Å². The smallest absolute Gasteiger partial charge is 0.336 e. The van der Waals surface area contributed by atoms with Crippen LogP contribution in [0.5, 0.6) is 0 Å². The molecule has 5 rings (SSSR count). The van der Waals surface area contributed by atoms with Crippen LogP contribution in [0.2, 0.25) is 0 Å². The highest BCUT2D eigenvalue weighted by molar-refractivity contribution is 7.97. The molecule has 0 aliphatic heterocycles. The third-order valence-electron chi connectivity index (χ3n) is 5.10. The van der Waals surface area contributed by atoms with E-state index in [9.17, 15) is 17.8 Å². The van der Waals surface area contributed by atoms with Gasteiger partial charge in [-0.25, -0.2) is 13.2 Å². The van der Waals surface area contributed by atoms with Crippen molar-refractivity contribution in [2.75, 3.05) is 0 Å². The molecular formula is C28H22O5S2. The van der Waals surface area contributed by atoms with Crippen LogP contribution in [0.25, 0.3) is 11.0 Å². The summed E-state index contributed by atoms with van der Waals surface area (Å²) in [6, 6.07) is 36.0. The van der Waals surface area contributed by atoms with E-state index < -0.39 is 10.1 Å². The summed E-state index contributed by atoms with van der Waals surface area (Å²) in [6.45, 7) is 1.82. The topological polar surface area (TPSA) is 87.4 Å². The lowest BCUT2D eigenvalue weighted by molar-refractivity contribution is 0.463. The van der Waals surface area contributed by atoms with Crippen molar-refractivity contribution in [2.24, 2.45) is 0 Å². The molecule has 176 valence electrons. The second-order valence-electron chi connectivity index (χ2n) is 7.65. The van der Waals surface area contributed by atoms with Crippen molar-refractivity contribution >= 4 is 32.0 Å². The fourth-order valence-corrected chi connectivity index (χ4v) is 5.97. The Morgan fingerprint density at radius 3 is 1.77 bits per heavy atom. The van der Waals surface area contributed by atoms with Crippen LogP contribution in [0.3, 0.4) is 0 Å². The van der Waals surface area contributed by atoms with E-state index >= 15 is 0 Å². The first kappa shape index (κ1) is 24.5.